The second-order valence-corrected chi connectivity index (χ2v) is 13.1. The highest BCUT2D eigenvalue weighted by Crippen LogP contribution is 2.24. The lowest BCUT2D eigenvalue weighted by atomic mass is 9.90. The van der Waals surface area contributed by atoms with Crippen molar-refractivity contribution in [2.24, 2.45) is 5.92 Å². The summed E-state index contributed by atoms with van der Waals surface area (Å²) in [6.45, 7) is 7.00. The van der Waals surface area contributed by atoms with E-state index in [0.717, 1.165) is 5.92 Å². The summed E-state index contributed by atoms with van der Waals surface area (Å²) in [5.74, 6) is 1.04. The first kappa shape index (κ1) is 38.0. The topological polar surface area (TPSA) is 0 Å². The summed E-state index contributed by atoms with van der Waals surface area (Å²) in [6, 6.07) is 0. The van der Waals surface area contributed by atoms with E-state index >= 15 is 0 Å². The molecule has 0 radical (unpaired) electrons. The molecule has 0 aromatic carbocycles. The van der Waals surface area contributed by atoms with Gasteiger partial charge < -0.3 is 0 Å². The normalized spacial score (nSPS) is 12.4. The molecule has 0 heterocycles. The van der Waals surface area contributed by atoms with Crippen molar-refractivity contribution in [3.05, 3.63) is 0 Å². The fourth-order valence-electron chi connectivity index (χ4n) is 6.36. The maximum absolute atomic E-state index is 2.37. The van der Waals surface area contributed by atoms with Crippen LogP contribution in [0.15, 0.2) is 0 Å². The van der Waals surface area contributed by atoms with E-state index < -0.39 is 0 Å². The second kappa shape index (κ2) is 35.0. The Morgan fingerprint density at radius 2 is 0.395 bits per heavy atom. The first-order chi connectivity index (χ1) is 18.8. The van der Waals surface area contributed by atoms with Gasteiger partial charge in [0, 0.05) is 0 Å². The van der Waals surface area contributed by atoms with Gasteiger partial charge in [-0.25, -0.2) is 0 Å². The molecule has 0 aliphatic carbocycles. The van der Waals surface area contributed by atoms with E-state index in [1.165, 1.54) is 218 Å². The Balaban J connectivity index is 3.44. The van der Waals surface area contributed by atoms with Crippen LogP contribution in [0.3, 0.4) is 0 Å². The summed E-state index contributed by atoms with van der Waals surface area (Å²) < 4.78 is 0. The quantitative estimate of drug-likeness (QED) is 0.0720. The minimum atomic E-state index is 1.04. The molecule has 0 aromatic heterocycles. The second-order valence-electron chi connectivity index (χ2n) is 13.1. The number of rotatable bonds is 34. The summed E-state index contributed by atoms with van der Waals surface area (Å²) in [6.07, 6.45) is 50.3. The molecule has 0 rings (SSSR count). The van der Waals surface area contributed by atoms with Gasteiger partial charge in [0.1, 0.15) is 0 Å². The number of hydrogen-bond donors (Lipinski definition) is 0. The van der Waals surface area contributed by atoms with Crippen molar-refractivity contribution < 1.29 is 0 Å². The Kier molecular flexibility index (Phi) is 35.0. The van der Waals surface area contributed by atoms with Crippen LogP contribution in [0.1, 0.15) is 239 Å². The van der Waals surface area contributed by atoms with Crippen LogP contribution in [0, 0.1) is 5.92 Å². The smallest absolute Gasteiger partial charge is 0.0414 e. The molecule has 0 nitrogen and oxygen atoms in total. The summed E-state index contributed by atoms with van der Waals surface area (Å²) >= 11 is 0. The van der Waals surface area contributed by atoms with Gasteiger partial charge in [-0.15, -0.1) is 0 Å². The zero-order valence-electron chi connectivity index (χ0n) is 27.6. The molecule has 230 valence electrons. The van der Waals surface area contributed by atoms with Crippen molar-refractivity contribution in [3.8, 4) is 0 Å². The Morgan fingerprint density at radius 1 is 0.211 bits per heavy atom. The van der Waals surface area contributed by atoms with Gasteiger partial charge in [0.2, 0.25) is 0 Å². The molecule has 0 spiro atoms. The first-order valence-corrected chi connectivity index (χ1v) is 18.8. The molecule has 0 amide bonds. The third kappa shape index (κ3) is 32.2. The van der Waals surface area contributed by atoms with Crippen LogP contribution in [0.2, 0.25) is 0 Å². The highest BCUT2D eigenvalue weighted by atomic mass is 14.1. The Hall–Kier alpha value is 0. The van der Waals surface area contributed by atoms with Gasteiger partial charge in [-0.2, -0.15) is 0 Å². The fraction of sp³-hybridized carbons (Fsp3) is 1.00. The standard InChI is InChI=1S/C38H78/c1-4-7-10-12-14-16-18-20-21-22-23-24-26-28-30-32-34-37-38(35-9-6-3)36-33-31-29-27-25-19-17-15-13-11-8-5-2/h38H,4-37H2,1-3H3. The van der Waals surface area contributed by atoms with Crippen LogP contribution in [0.4, 0.5) is 0 Å². The van der Waals surface area contributed by atoms with Gasteiger partial charge in [-0.3, -0.25) is 0 Å². The lowest BCUT2D eigenvalue weighted by Gasteiger charge is -2.16. The molecule has 0 aliphatic heterocycles. The Bertz CT molecular complexity index is 385. The van der Waals surface area contributed by atoms with Crippen LogP contribution in [0.5, 0.6) is 0 Å². The Morgan fingerprint density at radius 3 is 0.632 bits per heavy atom. The summed E-state index contributed by atoms with van der Waals surface area (Å²) in [7, 11) is 0. The van der Waals surface area contributed by atoms with Crippen LogP contribution >= 0.6 is 0 Å². The highest BCUT2D eigenvalue weighted by molar-refractivity contribution is 4.62. The molecule has 0 saturated heterocycles. The van der Waals surface area contributed by atoms with E-state index in [2.05, 4.69) is 20.8 Å². The maximum Gasteiger partial charge on any atom is -0.0414 e. The van der Waals surface area contributed by atoms with E-state index in [4.69, 9.17) is 0 Å². The highest BCUT2D eigenvalue weighted by Gasteiger charge is 2.08. The van der Waals surface area contributed by atoms with Crippen LogP contribution in [-0.4, -0.2) is 0 Å². The number of hydrogen-bond acceptors (Lipinski definition) is 0. The van der Waals surface area contributed by atoms with Crippen molar-refractivity contribution in [3.63, 3.8) is 0 Å². The maximum atomic E-state index is 2.37. The molecule has 0 saturated carbocycles. The molecule has 38 heavy (non-hydrogen) atoms. The van der Waals surface area contributed by atoms with Crippen LogP contribution in [-0.2, 0) is 0 Å². The largest absolute Gasteiger partial charge is 0.0654 e. The summed E-state index contributed by atoms with van der Waals surface area (Å²) in [5.41, 5.74) is 0. The molecule has 0 bridgehead atoms. The van der Waals surface area contributed by atoms with E-state index in [1.807, 2.05) is 0 Å². The van der Waals surface area contributed by atoms with Gasteiger partial charge >= 0.3 is 0 Å². The molecular formula is C38H78. The van der Waals surface area contributed by atoms with E-state index in [1.54, 1.807) is 0 Å². The van der Waals surface area contributed by atoms with Gasteiger partial charge in [0.15, 0.2) is 0 Å². The monoisotopic (exact) mass is 535 g/mol. The van der Waals surface area contributed by atoms with Crippen molar-refractivity contribution >= 4 is 0 Å². The SMILES string of the molecule is CCCCCCCCCCCCCCCCCCCC(CCCC)CCCCCCCCCCCCCC. The molecule has 0 fully saturated rings. The van der Waals surface area contributed by atoms with Gasteiger partial charge in [0.25, 0.3) is 0 Å². The zero-order chi connectivity index (χ0) is 27.6. The molecule has 1 atom stereocenters. The predicted octanol–water partition coefficient (Wildman–Crippen LogP) is 14.9. The lowest BCUT2D eigenvalue weighted by Crippen LogP contribution is -2.01. The zero-order valence-corrected chi connectivity index (χ0v) is 27.6. The van der Waals surface area contributed by atoms with Crippen LogP contribution < -0.4 is 0 Å². The van der Waals surface area contributed by atoms with Gasteiger partial charge in [-0.05, 0) is 5.92 Å². The molecule has 0 heteroatoms. The van der Waals surface area contributed by atoms with Gasteiger partial charge in [-0.1, -0.05) is 239 Å². The minimum Gasteiger partial charge on any atom is -0.0654 e. The van der Waals surface area contributed by atoms with E-state index in [-0.39, 0.29) is 0 Å². The van der Waals surface area contributed by atoms with Crippen molar-refractivity contribution in [2.45, 2.75) is 239 Å². The van der Waals surface area contributed by atoms with Crippen molar-refractivity contribution in [2.75, 3.05) is 0 Å². The van der Waals surface area contributed by atoms with Gasteiger partial charge in [0.05, 0.1) is 0 Å². The molecule has 0 aromatic rings. The molecule has 1 unspecified atom stereocenters. The fourth-order valence-corrected chi connectivity index (χ4v) is 6.36. The third-order valence-corrected chi connectivity index (χ3v) is 9.15. The van der Waals surface area contributed by atoms with Crippen molar-refractivity contribution in [1.29, 1.82) is 0 Å². The molecule has 0 aliphatic rings. The molecular weight excluding hydrogens is 456 g/mol. The summed E-state index contributed by atoms with van der Waals surface area (Å²) in [5, 5.41) is 0. The molecule has 0 N–H and O–H groups in total. The predicted molar refractivity (Wildman–Crippen MR) is 177 cm³/mol. The third-order valence-electron chi connectivity index (χ3n) is 9.15. The summed E-state index contributed by atoms with van der Waals surface area (Å²) in [4.78, 5) is 0. The number of unbranched alkanes of at least 4 members (excludes halogenated alkanes) is 28. The van der Waals surface area contributed by atoms with E-state index in [0.29, 0.717) is 0 Å². The van der Waals surface area contributed by atoms with Crippen molar-refractivity contribution in [1.82, 2.24) is 0 Å². The average Bonchev–Trinajstić information content (AvgIpc) is 2.93. The average molecular weight is 535 g/mol. The minimum absolute atomic E-state index is 1.04. The first-order valence-electron chi connectivity index (χ1n) is 18.8. The van der Waals surface area contributed by atoms with E-state index in [9.17, 15) is 0 Å². The Labute approximate surface area is 244 Å². The van der Waals surface area contributed by atoms with Crippen LogP contribution in [0.25, 0.3) is 0 Å². The lowest BCUT2D eigenvalue weighted by molar-refractivity contribution is 0.370.